The Bertz CT molecular complexity index is 5890. The van der Waals surface area contributed by atoms with Crippen LogP contribution < -0.4 is 25.4 Å². The number of benzene rings is 6. The number of aliphatic imine (C=N–C) groups is 2. The summed E-state index contributed by atoms with van der Waals surface area (Å²) in [4.78, 5) is 164. The van der Waals surface area contributed by atoms with Gasteiger partial charge >= 0.3 is 5.97 Å². The number of halogens is 2. The quantitative estimate of drug-likeness (QED) is 0.0432. The van der Waals surface area contributed by atoms with Crippen LogP contribution in [0.3, 0.4) is 0 Å². The number of ether oxygens (including phenoxy) is 2. The number of thiophene rings is 2. The zero-order valence-corrected chi connectivity index (χ0v) is 68.8. The van der Waals surface area contributed by atoms with Crippen molar-refractivity contribution in [2.24, 2.45) is 9.98 Å². The maximum atomic E-state index is 13.5. The number of nitrogens with one attached hydrogen (secondary N) is 3. The molecule has 32 heteroatoms. The molecule has 4 atom stereocenters. The highest BCUT2D eigenvalue weighted by Gasteiger charge is 2.48. The number of Topliss-reactive ketones (excluding diaryl/α,β-unsaturated/α-hetero) is 2. The summed E-state index contributed by atoms with van der Waals surface area (Å²) in [7, 11) is 0. The molecule has 28 nitrogen and oxygen atoms in total. The first-order valence-electron chi connectivity index (χ1n) is 38.5. The number of carboxylic acid groups (broad SMARTS) is 1. The molecule has 0 bridgehead atoms. The summed E-state index contributed by atoms with van der Waals surface area (Å²) in [5.41, 5.74) is 11.8. The summed E-state index contributed by atoms with van der Waals surface area (Å²) < 4.78 is 15.3. The van der Waals surface area contributed by atoms with Crippen molar-refractivity contribution in [3.05, 3.63) is 254 Å². The van der Waals surface area contributed by atoms with Crippen LogP contribution in [0, 0.1) is 41.5 Å². The van der Waals surface area contributed by atoms with Gasteiger partial charge in [-0.05, 0) is 156 Å². The van der Waals surface area contributed by atoms with Crippen LogP contribution in [0.4, 0.5) is 0 Å². The molecule has 0 aliphatic carbocycles. The lowest BCUT2D eigenvalue weighted by atomic mass is 9.99. The third-order valence-electron chi connectivity index (χ3n) is 21.4. The van der Waals surface area contributed by atoms with E-state index < -0.39 is 77.4 Å². The number of hydrogen-bond donors (Lipinski definition) is 4. The highest BCUT2D eigenvalue weighted by molar-refractivity contribution is 7.15. The predicted molar refractivity (Wildman–Crippen MR) is 455 cm³/mol. The Balaban J connectivity index is 0.000000182. The number of carbonyl (C=O) groups is 12. The number of fused-ring (bicyclic) bond motifs is 8. The second-order valence-corrected chi connectivity index (χ2v) is 32.6. The number of ketones is 2. The number of carbonyl (C=O) groups excluding carboxylic acids is 11. The number of aromatic nitrogens is 6. The Morgan fingerprint density at radius 3 is 1.30 bits per heavy atom. The van der Waals surface area contributed by atoms with Crippen LogP contribution in [0.2, 0.25) is 10.0 Å². The van der Waals surface area contributed by atoms with Crippen LogP contribution in [-0.4, -0.2) is 152 Å². The van der Waals surface area contributed by atoms with Gasteiger partial charge in [0.1, 0.15) is 70.5 Å². The van der Waals surface area contributed by atoms with Crippen molar-refractivity contribution >= 4 is 128 Å². The molecule has 4 aromatic heterocycles. The average molecular weight is 1710 g/mol. The highest BCUT2D eigenvalue weighted by atomic mass is 35.5. The lowest BCUT2D eigenvalue weighted by Crippen LogP contribution is -2.54. The van der Waals surface area contributed by atoms with Crippen molar-refractivity contribution in [3.63, 3.8) is 0 Å². The minimum Gasteiger partial charge on any atom is -0.485 e. The number of aliphatic carboxylic acids is 1. The molecule has 6 aliphatic rings. The maximum Gasteiger partial charge on any atom is 0.306 e. The second kappa shape index (κ2) is 37.3. The van der Waals surface area contributed by atoms with Crippen molar-refractivity contribution in [2.45, 2.75) is 165 Å². The number of amides is 9. The zero-order valence-electron chi connectivity index (χ0n) is 65.6. The highest BCUT2D eigenvalue weighted by Crippen LogP contribution is 2.43. The van der Waals surface area contributed by atoms with Crippen LogP contribution in [0.5, 0.6) is 11.5 Å². The molecule has 121 heavy (non-hydrogen) atoms. The van der Waals surface area contributed by atoms with Crippen molar-refractivity contribution < 1.29 is 72.1 Å². The molecule has 0 saturated carbocycles. The molecule has 10 aromatic rings. The van der Waals surface area contributed by atoms with E-state index in [4.69, 9.17) is 42.7 Å². The Morgan fingerprint density at radius 1 is 0.504 bits per heavy atom. The predicted octanol–water partition coefficient (Wildman–Crippen LogP) is 13.3. The van der Waals surface area contributed by atoms with E-state index in [2.05, 4.69) is 71.0 Å². The lowest BCUT2D eigenvalue weighted by Gasteiger charge is -2.27. The Morgan fingerprint density at radius 2 is 0.901 bits per heavy atom. The van der Waals surface area contributed by atoms with Crippen LogP contribution in [-0.2, 0) is 64.2 Å². The summed E-state index contributed by atoms with van der Waals surface area (Å²) in [5, 5.41) is 37.3. The normalized spacial score (nSPS) is 16.7. The van der Waals surface area contributed by atoms with Gasteiger partial charge in [-0.15, -0.1) is 43.1 Å². The number of carboxylic acids is 1. The van der Waals surface area contributed by atoms with Gasteiger partial charge in [-0.25, -0.2) is 0 Å². The summed E-state index contributed by atoms with van der Waals surface area (Å²) >= 11 is 15.6. The summed E-state index contributed by atoms with van der Waals surface area (Å²) in [6.07, 6.45) is 2.48. The maximum absolute atomic E-state index is 13.5. The average Bonchev–Trinajstić information content (AvgIpc) is 1.60. The third kappa shape index (κ3) is 18.4. The summed E-state index contributed by atoms with van der Waals surface area (Å²) in [6.45, 7) is 13.9. The Hall–Kier alpha value is -12.6. The molecule has 10 heterocycles. The smallest absolute Gasteiger partial charge is 0.306 e. The van der Waals surface area contributed by atoms with E-state index in [0.717, 1.165) is 98.4 Å². The van der Waals surface area contributed by atoms with Gasteiger partial charge < -0.3 is 19.9 Å². The molecule has 16 rings (SSSR count). The molecule has 0 radical (unpaired) electrons. The minimum atomic E-state index is -1.11. The number of aryl methyl sites for hydroxylation is 7. The summed E-state index contributed by atoms with van der Waals surface area (Å²) in [5.74, 6) is -3.61. The fraction of sp³-hybridized carbons (Fsp3) is 0.303. The van der Waals surface area contributed by atoms with Gasteiger partial charge in [0.2, 0.25) is 29.5 Å². The monoisotopic (exact) mass is 1710 g/mol. The molecule has 0 spiro atoms. The molecule has 6 aliphatic heterocycles. The van der Waals surface area contributed by atoms with E-state index >= 15 is 0 Å². The fourth-order valence-corrected chi connectivity index (χ4v) is 17.6. The Labute approximate surface area is 714 Å². The molecule has 9 amide bonds. The molecular weight excluding hydrogens is 1630 g/mol. The van der Waals surface area contributed by atoms with Crippen LogP contribution in [0.15, 0.2) is 143 Å². The van der Waals surface area contributed by atoms with Gasteiger partial charge in [0.25, 0.3) is 23.6 Å². The molecule has 2 saturated heterocycles. The van der Waals surface area contributed by atoms with Gasteiger partial charge in [-0.2, -0.15) is 0 Å². The zero-order chi connectivity index (χ0) is 84.4. The van der Waals surface area contributed by atoms with Crippen LogP contribution in [0.1, 0.15) is 215 Å². The SMILES string of the molecule is C.C.CCc1ccc(CCC(=O)COc2cccc3c2C(=O)N(C2CCC(=O)NC2=O)C3=O)cc1.Cc1sc2c(c1C)C(c1ccc(Cl)cc1)=N[C@@H](CC(=O)NCc1ccc(CCC(=O)COc3cccc4c3C(=O)N(C3CCC(=O)NC3=O)C4=O)cc1)c1nnc(C)n1-2.Cc1sc2c(c1C)C(c1ccc(Cl)cc1)=N[C@@H](CC(=O)O)c1nnc(C)n1-2. The first-order valence-corrected chi connectivity index (χ1v) is 40.9. The van der Waals surface area contributed by atoms with E-state index in [9.17, 15) is 62.6 Å². The van der Waals surface area contributed by atoms with Gasteiger partial charge in [0.15, 0.2) is 23.2 Å². The lowest BCUT2D eigenvalue weighted by molar-refractivity contribution is -0.138. The van der Waals surface area contributed by atoms with Gasteiger partial charge in [-0.3, -0.25) is 97.1 Å². The van der Waals surface area contributed by atoms with E-state index in [0.29, 0.717) is 40.4 Å². The molecular formula is C89H87Cl2N13O15S2. The standard InChI is InChI=1S/C43H38ClN7O7S.C25H24N2O6.C19H17ClN4O2S.2CH4/c1-22-23(2)59-43-36(22)38(27-12-14-28(44)15-13-27)46-31(39-49-48-24(3)50(39)43)19-35(54)45-20-26-9-7-25(8-10-26)11-16-29(52)21-58-33-6-4-5-30-37(33)42(57)51(41(30)56)32-17-18-34(53)47-40(32)55;1-2-15-6-8-16(9-7-15)10-11-17(28)14-33-20-5-3-4-18-22(20)25(32)27(24(18)31)19-12-13-21(29)26-23(19)30;1-9-10(2)27-19-16(9)17(12-4-6-13(20)7-5-12)21-14(8-15(25)26)18-23-22-11(3)24(18)19;;/h4-10,12-15,31-32H,11,16-21H2,1-3H3,(H,45,54)(H,47,53,55);3-9,19H,2,10-14H2,1H3,(H,26,29,30);4-7,14H,8H2,1-3H3,(H,25,26);2*1H4/t31-,32?;;14-;;/m0.0../s1. The molecule has 624 valence electrons. The fourth-order valence-electron chi connectivity index (χ4n) is 14.9. The Kier molecular flexibility index (Phi) is 27.1. The molecule has 4 N–H and O–H groups in total. The van der Waals surface area contributed by atoms with Gasteiger partial charge in [0, 0.05) is 74.3 Å². The number of hydrogen-bond acceptors (Lipinski definition) is 22. The van der Waals surface area contributed by atoms with E-state index in [1.807, 2.05) is 120 Å². The van der Waals surface area contributed by atoms with E-state index in [1.165, 1.54) is 34.7 Å². The minimum absolute atomic E-state index is 0. The number of piperidine rings is 2. The summed E-state index contributed by atoms with van der Waals surface area (Å²) in [6, 6.07) is 36.4. The first-order chi connectivity index (χ1) is 57.1. The molecule has 6 aromatic carbocycles. The van der Waals surface area contributed by atoms with Gasteiger partial charge in [-0.1, -0.05) is 130 Å². The third-order valence-corrected chi connectivity index (χ3v) is 24.3. The van der Waals surface area contributed by atoms with E-state index in [-0.39, 0.29) is 137 Å². The van der Waals surface area contributed by atoms with Crippen molar-refractivity contribution in [2.75, 3.05) is 13.2 Å². The van der Waals surface area contributed by atoms with Crippen molar-refractivity contribution in [1.82, 2.24) is 55.3 Å². The molecule has 2 fully saturated rings. The number of imide groups is 4. The number of nitrogens with zero attached hydrogens (tertiary/aromatic N) is 10. The topological polar surface area (TPSA) is 372 Å². The van der Waals surface area contributed by atoms with E-state index in [1.54, 1.807) is 34.8 Å². The second-order valence-electron chi connectivity index (χ2n) is 29.3. The van der Waals surface area contributed by atoms with Crippen LogP contribution in [0.25, 0.3) is 10.0 Å². The van der Waals surface area contributed by atoms with Crippen LogP contribution >= 0.6 is 45.9 Å². The number of rotatable bonds is 23. The van der Waals surface area contributed by atoms with Crippen molar-refractivity contribution in [1.29, 1.82) is 0 Å². The van der Waals surface area contributed by atoms with Gasteiger partial charge in [0.05, 0.1) is 46.5 Å². The first kappa shape index (κ1) is 87.7. The van der Waals surface area contributed by atoms with Crippen molar-refractivity contribution in [3.8, 4) is 21.5 Å². The molecule has 2 unspecified atom stereocenters. The largest absolute Gasteiger partial charge is 0.485 e.